The summed E-state index contributed by atoms with van der Waals surface area (Å²) in [5, 5.41) is 0. The minimum Gasteiger partial charge on any atom is -0.462 e. The molecule has 0 aliphatic rings. The van der Waals surface area contributed by atoms with Crippen molar-refractivity contribution in [2.45, 2.75) is 399 Å². The Balaban J connectivity index is 4.09. The largest absolute Gasteiger partial charge is 0.462 e. The summed E-state index contributed by atoms with van der Waals surface area (Å²) in [5.74, 6) is -0.950. The Labute approximate surface area is 505 Å². The maximum atomic E-state index is 12.9. The molecule has 0 saturated heterocycles. The molecule has 6 heteroatoms. The summed E-state index contributed by atoms with van der Waals surface area (Å²) in [4.78, 5) is 38.3. The molecule has 81 heavy (non-hydrogen) atoms. The van der Waals surface area contributed by atoms with Crippen molar-refractivity contribution in [1.82, 2.24) is 0 Å². The molecule has 0 bridgehead atoms. The van der Waals surface area contributed by atoms with Crippen LogP contribution in [0.2, 0.25) is 0 Å². The van der Waals surface area contributed by atoms with Crippen LogP contribution in [-0.4, -0.2) is 37.2 Å². The van der Waals surface area contributed by atoms with Crippen molar-refractivity contribution in [3.8, 4) is 0 Å². The maximum Gasteiger partial charge on any atom is 0.306 e. The summed E-state index contributed by atoms with van der Waals surface area (Å²) >= 11 is 0. The van der Waals surface area contributed by atoms with E-state index in [4.69, 9.17) is 14.2 Å². The van der Waals surface area contributed by atoms with Gasteiger partial charge in [-0.25, -0.2) is 0 Å². The number of hydrogen-bond acceptors (Lipinski definition) is 6. The molecule has 0 aromatic carbocycles. The maximum absolute atomic E-state index is 12.9. The van der Waals surface area contributed by atoms with Crippen molar-refractivity contribution >= 4 is 17.9 Å². The molecule has 6 nitrogen and oxygen atoms in total. The van der Waals surface area contributed by atoms with Gasteiger partial charge in [0.2, 0.25) is 0 Å². The molecule has 0 amide bonds. The van der Waals surface area contributed by atoms with E-state index in [1.165, 1.54) is 283 Å². The van der Waals surface area contributed by atoms with Gasteiger partial charge in [-0.15, -0.1) is 0 Å². The molecule has 0 fully saturated rings. The third kappa shape index (κ3) is 68.0. The minimum absolute atomic E-state index is 0.0899. The third-order valence-electron chi connectivity index (χ3n) is 16.4. The highest BCUT2D eigenvalue weighted by molar-refractivity contribution is 5.71. The second kappa shape index (κ2) is 69.9. The van der Waals surface area contributed by atoms with Crippen LogP contribution in [0.1, 0.15) is 393 Å². The van der Waals surface area contributed by atoms with Gasteiger partial charge in [-0.2, -0.15) is 0 Å². The number of esters is 3. The van der Waals surface area contributed by atoms with E-state index >= 15 is 0 Å². The molecular formula is C75H138O6. The van der Waals surface area contributed by atoms with E-state index in [-0.39, 0.29) is 37.5 Å². The molecule has 0 rings (SSSR count). The summed E-state index contributed by atoms with van der Waals surface area (Å²) < 4.78 is 16.9. The van der Waals surface area contributed by atoms with Crippen molar-refractivity contribution in [2.24, 2.45) is 0 Å². The van der Waals surface area contributed by atoms with Crippen LogP contribution >= 0.6 is 0 Å². The standard InChI is InChI=1S/C75H138O6/c1-4-7-10-13-16-19-22-25-27-29-30-31-32-33-34-35-36-37-38-39-40-41-42-43-44-45-46-48-50-53-56-59-62-65-68-74(77)80-71-72(70-79-73(76)67-64-61-58-55-52-49-24-21-18-15-12-9-6-3)81-75(78)69-66-63-60-57-54-51-47-28-26-23-20-17-14-11-8-5-2/h9,12,18,21,49,52,58,61,72H,4-8,10-11,13-17,19-20,22-48,50-51,53-57,59-60,62-71H2,1-3H3/b12-9-,21-18-,52-49-,61-58-. The lowest BCUT2D eigenvalue weighted by molar-refractivity contribution is -0.166. The number of ether oxygens (including phenoxy) is 3. The zero-order chi connectivity index (χ0) is 58.5. The SMILES string of the molecule is CC/C=C\C/C=C\C/C=C\C/C=C\CCC(=O)OCC(COC(=O)CCCCCCCCCCCCCCCCCCCCCCCCCCCCCCCCCCCC)OC(=O)CCCCCCCCCCCCCCCCCC. The van der Waals surface area contributed by atoms with Gasteiger partial charge in [0.1, 0.15) is 13.2 Å². The van der Waals surface area contributed by atoms with Crippen LogP contribution in [0.25, 0.3) is 0 Å². The van der Waals surface area contributed by atoms with Gasteiger partial charge in [0.05, 0.1) is 0 Å². The highest BCUT2D eigenvalue weighted by Crippen LogP contribution is 2.19. The smallest absolute Gasteiger partial charge is 0.306 e. The molecular weight excluding hydrogens is 997 g/mol. The summed E-state index contributed by atoms with van der Waals surface area (Å²) in [5.41, 5.74) is 0. The van der Waals surface area contributed by atoms with Gasteiger partial charge in [-0.05, 0) is 44.9 Å². The van der Waals surface area contributed by atoms with Gasteiger partial charge in [0, 0.05) is 19.3 Å². The molecule has 1 unspecified atom stereocenters. The van der Waals surface area contributed by atoms with E-state index in [2.05, 4.69) is 63.3 Å². The first-order valence-electron chi connectivity index (χ1n) is 36.1. The van der Waals surface area contributed by atoms with Crippen LogP contribution in [0.4, 0.5) is 0 Å². The van der Waals surface area contributed by atoms with Crippen LogP contribution < -0.4 is 0 Å². The highest BCUT2D eigenvalue weighted by Gasteiger charge is 2.19. The summed E-state index contributed by atoms with van der Waals surface area (Å²) in [6.45, 7) is 6.53. The van der Waals surface area contributed by atoms with E-state index in [0.29, 0.717) is 19.3 Å². The average molecular weight is 1140 g/mol. The first-order valence-corrected chi connectivity index (χ1v) is 36.1. The number of carbonyl (C=O) groups is 3. The summed E-state index contributed by atoms with van der Waals surface area (Å²) in [7, 11) is 0. The molecule has 0 radical (unpaired) electrons. The second-order valence-electron chi connectivity index (χ2n) is 24.5. The first kappa shape index (κ1) is 78.4. The van der Waals surface area contributed by atoms with Gasteiger partial charge in [0.25, 0.3) is 0 Å². The normalized spacial score (nSPS) is 12.3. The Kier molecular flexibility index (Phi) is 67.6. The van der Waals surface area contributed by atoms with E-state index < -0.39 is 6.10 Å². The first-order chi connectivity index (χ1) is 40.0. The third-order valence-corrected chi connectivity index (χ3v) is 16.4. The van der Waals surface area contributed by atoms with Crippen LogP contribution in [-0.2, 0) is 28.6 Å². The number of hydrogen-bond donors (Lipinski definition) is 0. The lowest BCUT2D eigenvalue weighted by atomic mass is 10.0. The lowest BCUT2D eigenvalue weighted by Gasteiger charge is -2.18. The van der Waals surface area contributed by atoms with E-state index in [1.807, 2.05) is 6.08 Å². The second-order valence-corrected chi connectivity index (χ2v) is 24.5. The molecule has 0 aromatic rings. The monoisotopic (exact) mass is 1140 g/mol. The molecule has 0 saturated carbocycles. The van der Waals surface area contributed by atoms with Gasteiger partial charge in [0.15, 0.2) is 6.10 Å². The molecule has 0 spiro atoms. The van der Waals surface area contributed by atoms with Crippen molar-refractivity contribution in [3.05, 3.63) is 48.6 Å². The molecule has 1 atom stereocenters. The van der Waals surface area contributed by atoms with Crippen molar-refractivity contribution < 1.29 is 28.6 Å². The van der Waals surface area contributed by atoms with E-state index in [1.54, 1.807) is 0 Å². The van der Waals surface area contributed by atoms with Crippen molar-refractivity contribution in [1.29, 1.82) is 0 Å². The fourth-order valence-electron chi connectivity index (χ4n) is 11.0. The summed E-state index contributed by atoms with van der Waals surface area (Å²) in [6.07, 6.45) is 89.1. The van der Waals surface area contributed by atoms with Gasteiger partial charge >= 0.3 is 17.9 Å². The summed E-state index contributed by atoms with van der Waals surface area (Å²) in [6, 6.07) is 0. The number of carbonyl (C=O) groups excluding carboxylic acids is 3. The predicted octanol–water partition coefficient (Wildman–Crippen LogP) is 24.9. The van der Waals surface area contributed by atoms with Crippen LogP contribution in [0.5, 0.6) is 0 Å². The van der Waals surface area contributed by atoms with Crippen LogP contribution in [0.3, 0.4) is 0 Å². The Hall–Kier alpha value is -2.63. The van der Waals surface area contributed by atoms with Crippen molar-refractivity contribution in [2.75, 3.05) is 13.2 Å². The van der Waals surface area contributed by atoms with Crippen LogP contribution in [0, 0.1) is 0 Å². The number of unbranched alkanes of at least 4 members (excludes halogenated alkanes) is 48. The molecule has 0 aromatic heterocycles. The van der Waals surface area contributed by atoms with Crippen molar-refractivity contribution in [3.63, 3.8) is 0 Å². The molecule has 0 aliphatic heterocycles. The Bertz CT molecular complexity index is 1400. The number of allylic oxidation sites excluding steroid dienone is 8. The minimum atomic E-state index is -0.799. The Morgan fingerprint density at radius 1 is 0.259 bits per heavy atom. The zero-order valence-corrected chi connectivity index (χ0v) is 54.6. The van der Waals surface area contributed by atoms with Crippen LogP contribution in [0.15, 0.2) is 48.6 Å². The quantitative estimate of drug-likeness (QED) is 0.0261. The van der Waals surface area contributed by atoms with Gasteiger partial charge in [-0.1, -0.05) is 378 Å². The van der Waals surface area contributed by atoms with E-state index in [9.17, 15) is 14.4 Å². The topological polar surface area (TPSA) is 78.9 Å². The van der Waals surface area contributed by atoms with Gasteiger partial charge < -0.3 is 14.2 Å². The molecule has 0 heterocycles. The predicted molar refractivity (Wildman–Crippen MR) is 353 cm³/mol. The lowest BCUT2D eigenvalue weighted by Crippen LogP contribution is -2.30. The molecule has 0 aliphatic carbocycles. The fourth-order valence-corrected chi connectivity index (χ4v) is 11.0. The molecule has 0 N–H and O–H groups in total. The fraction of sp³-hybridized carbons (Fsp3) is 0.853. The Morgan fingerprint density at radius 2 is 0.481 bits per heavy atom. The van der Waals surface area contributed by atoms with E-state index in [0.717, 1.165) is 64.2 Å². The Morgan fingerprint density at radius 3 is 0.753 bits per heavy atom. The van der Waals surface area contributed by atoms with Gasteiger partial charge in [-0.3, -0.25) is 14.4 Å². The number of rotatable bonds is 67. The highest BCUT2D eigenvalue weighted by atomic mass is 16.6. The molecule has 474 valence electrons. The zero-order valence-electron chi connectivity index (χ0n) is 54.6. The average Bonchev–Trinajstić information content (AvgIpc) is 3.46.